The van der Waals surface area contributed by atoms with Gasteiger partial charge in [-0.1, -0.05) is 15.9 Å². The summed E-state index contributed by atoms with van der Waals surface area (Å²) >= 11 is 3.07. The van der Waals surface area contributed by atoms with Crippen molar-refractivity contribution in [2.75, 3.05) is 27.3 Å². The molecule has 0 N–H and O–H groups in total. The predicted molar refractivity (Wildman–Crippen MR) is 74.0 cm³/mol. The van der Waals surface area contributed by atoms with Crippen LogP contribution in [0.15, 0.2) is 22.7 Å². The quantitative estimate of drug-likeness (QED) is 0.740. The number of nitrogens with zero attached hydrogens (tertiary/aromatic N) is 1. The van der Waals surface area contributed by atoms with Gasteiger partial charge in [0.1, 0.15) is 18.9 Å². The van der Waals surface area contributed by atoms with Crippen molar-refractivity contribution in [1.29, 1.82) is 0 Å². The summed E-state index contributed by atoms with van der Waals surface area (Å²) in [6, 6.07) is 3.84. The fraction of sp³-hybridized carbons (Fsp3) is 0.308. The maximum atomic E-state index is 13.8. The number of carbonyl (C=O) groups is 3. The number of rotatable bonds is 5. The Morgan fingerprint density at radius 1 is 1.14 bits per heavy atom. The Morgan fingerprint density at radius 2 is 1.67 bits per heavy atom. The average molecular weight is 362 g/mol. The summed E-state index contributed by atoms with van der Waals surface area (Å²) in [5.41, 5.74) is -0.258. The molecule has 1 amide bonds. The molecule has 114 valence electrons. The first kappa shape index (κ1) is 17.1. The number of hydrogen-bond acceptors (Lipinski definition) is 5. The van der Waals surface area contributed by atoms with E-state index in [2.05, 4.69) is 25.4 Å². The highest BCUT2D eigenvalue weighted by atomic mass is 79.9. The molecule has 0 fully saturated rings. The minimum Gasteiger partial charge on any atom is -0.468 e. The molecule has 1 rings (SSSR count). The third-order valence-corrected chi connectivity index (χ3v) is 3.04. The van der Waals surface area contributed by atoms with Crippen molar-refractivity contribution in [3.8, 4) is 0 Å². The van der Waals surface area contributed by atoms with Gasteiger partial charge in [-0.2, -0.15) is 0 Å². The van der Waals surface area contributed by atoms with Crippen LogP contribution in [0.25, 0.3) is 0 Å². The number of methoxy groups -OCH3 is 2. The minimum atomic E-state index is -0.809. The highest BCUT2D eigenvalue weighted by molar-refractivity contribution is 9.10. The first-order chi connectivity index (χ1) is 9.88. The Labute approximate surface area is 128 Å². The number of hydrogen-bond donors (Lipinski definition) is 0. The SMILES string of the molecule is COC(=O)CN(CC(=O)OC)C(=O)c1ccc(Br)cc1F. The lowest BCUT2D eigenvalue weighted by Gasteiger charge is -2.20. The van der Waals surface area contributed by atoms with Crippen LogP contribution in [0.4, 0.5) is 4.39 Å². The van der Waals surface area contributed by atoms with Crippen molar-refractivity contribution in [3.05, 3.63) is 34.1 Å². The van der Waals surface area contributed by atoms with Gasteiger partial charge in [-0.05, 0) is 18.2 Å². The lowest BCUT2D eigenvalue weighted by Crippen LogP contribution is -2.40. The van der Waals surface area contributed by atoms with Gasteiger partial charge in [0.05, 0.1) is 19.8 Å². The Hall–Kier alpha value is -1.96. The van der Waals surface area contributed by atoms with Gasteiger partial charge in [0.25, 0.3) is 5.91 Å². The smallest absolute Gasteiger partial charge is 0.325 e. The molecule has 0 radical (unpaired) electrons. The molecule has 0 unspecified atom stereocenters. The van der Waals surface area contributed by atoms with Gasteiger partial charge >= 0.3 is 11.9 Å². The van der Waals surface area contributed by atoms with Crippen LogP contribution in [0.3, 0.4) is 0 Å². The van der Waals surface area contributed by atoms with Gasteiger partial charge in [-0.25, -0.2) is 4.39 Å². The van der Waals surface area contributed by atoms with E-state index in [1.807, 2.05) is 0 Å². The molecule has 0 aliphatic carbocycles. The standard InChI is InChI=1S/C13H13BrFNO5/c1-20-11(17)6-16(7-12(18)21-2)13(19)9-4-3-8(14)5-10(9)15/h3-5H,6-7H2,1-2H3. The normalized spacial score (nSPS) is 9.90. The van der Waals surface area contributed by atoms with Gasteiger partial charge in [-0.15, -0.1) is 0 Å². The third kappa shape index (κ3) is 4.82. The second kappa shape index (κ2) is 7.72. The van der Waals surface area contributed by atoms with E-state index in [9.17, 15) is 18.8 Å². The van der Waals surface area contributed by atoms with E-state index in [4.69, 9.17) is 0 Å². The number of benzene rings is 1. The summed E-state index contributed by atoms with van der Waals surface area (Å²) in [5, 5.41) is 0. The van der Waals surface area contributed by atoms with Crippen molar-refractivity contribution >= 4 is 33.8 Å². The zero-order valence-corrected chi connectivity index (χ0v) is 13.0. The number of esters is 2. The third-order valence-electron chi connectivity index (χ3n) is 2.54. The number of amides is 1. The lowest BCUT2D eigenvalue weighted by molar-refractivity contribution is -0.144. The molecular formula is C13H13BrFNO5. The van der Waals surface area contributed by atoms with Crippen LogP contribution in [-0.4, -0.2) is 50.1 Å². The van der Waals surface area contributed by atoms with Crippen molar-refractivity contribution in [3.63, 3.8) is 0 Å². The fourth-order valence-corrected chi connectivity index (χ4v) is 1.81. The zero-order valence-electron chi connectivity index (χ0n) is 11.4. The van der Waals surface area contributed by atoms with E-state index >= 15 is 0 Å². The van der Waals surface area contributed by atoms with E-state index < -0.39 is 36.8 Å². The fourth-order valence-electron chi connectivity index (χ4n) is 1.47. The molecule has 6 nitrogen and oxygen atoms in total. The Kier molecular flexibility index (Phi) is 6.29. The van der Waals surface area contributed by atoms with Gasteiger partial charge in [0.2, 0.25) is 0 Å². The molecule has 0 atom stereocenters. The first-order valence-corrected chi connectivity index (χ1v) is 6.56. The number of carbonyl (C=O) groups excluding carboxylic acids is 3. The Balaban J connectivity index is 3.02. The first-order valence-electron chi connectivity index (χ1n) is 5.77. The second-order valence-corrected chi connectivity index (χ2v) is 4.85. The van der Waals surface area contributed by atoms with Gasteiger partial charge in [0, 0.05) is 4.47 Å². The molecule has 0 spiro atoms. The van der Waals surface area contributed by atoms with E-state index in [-0.39, 0.29) is 5.56 Å². The zero-order chi connectivity index (χ0) is 16.0. The van der Waals surface area contributed by atoms with Crippen LogP contribution in [0, 0.1) is 5.82 Å². The Bertz CT molecular complexity index is 545. The minimum absolute atomic E-state index is 0.258. The average Bonchev–Trinajstić information content (AvgIpc) is 2.45. The van der Waals surface area contributed by atoms with Crippen molar-refractivity contribution in [1.82, 2.24) is 4.90 Å². The maximum Gasteiger partial charge on any atom is 0.325 e. The number of ether oxygens (including phenoxy) is 2. The monoisotopic (exact) mass is 361 g/mol. The van der Waals surface area contributed by atoms with Crippen LogP contribution >= 0.6 is 15.9 Å². The molecule has 0 aromatic heterocycles. The molecule has 0 saturated heterocycles. The number of halogens is 2. The molecule has 0 aliphatic heterocycles. The van der Waals surface area contributed by atoms with Gasteiger partial charge in [0.15, 0.2) is 0 Å². The van der Waals surface area contributed by atoms with Crippen LogP contribution in [0.5, 0.6) is 0 Å². The molecule has 21 heavy (non-hydrogen) atoms. The lowest BCUT2D eigenvalue weighted by atomic mass is 10.2. The summed E-state index contributed by atoms with van der Waals surface area (Å²) in [6.07, 6.45) is 0. The second-order valence-electron chi connectivity index (χ2n) is 3.94. The highest BCUT2D eigenvalue weighted by Crippen LogP contribution is 2.17. The summed E-state index contributed by atoms with van der Waals surface area (Å²) in [5.74, 6) is -3.04. The summed E-state index contributed by atoms with van der Waals surface area (Å²) in [7, 11) is 2.28. The molecule has 0 aliphatic rings. The van der Waals surface area contributed by atoms with Crippen LogP contribution < -0.4 is 0 Å². The summed E-state index contributed by atoms with van der Waals surface area (Å²) in [4.78, 5) is 35.7. The predicted octanol–water partition coefficient (Wildman–Crippen LogP) is 1.38. The van der Waals surface area contributed by atoms with Gasteiger partial charge in [-0.3, -0.25) is 14.4 Å². The van der Waals surface area contributed by atoms with E-state index in [1.165, 1.54) is 12.1 Å². The molecule has 8 heteroatoms. The Morgan fingerprint density at radius 3 is 2.10 bits per heavy atom. The maximum absolute atomic E-state index is 13.8. The molecule has 0 bridgehead atoms. The topological polar surface area (TPSA) is 72.9 Å². The van der Waals surface area contributed by atoms with Gasteiger partial charge < -0.3 is 14.4 Å². The van der Waals surface area contributed by atoms with Crippen LogP contribution in [0.2, 0.25) is 0 Å². The van der Waals surface area contributed by atoms with E-state index in [1.54, 1.807) is 0 Å². The van der Waals surface area contributed by atoms with E-state index in [0.717, 1.165) is 25.2 Å². The molecule has 1 aromatic rings. The van der Waals surface area contributed by atoms with Crippen molar-refractivity contribution < 1.29 is 28.2 Å². The summed E-state index contributed by atoms with van der Waals surface area (Å²) in [6.45, 7) is -0.972. The molecular weight excluding hydrogens is 349 g/mol. The largest absolute Gasteiger partial charge is 0.468 e. The molecule has 0 heterocycles. The summed E-state index contributed by atoms with van der Waals surface area (Å²) < 4.78 is 23.1. The molecule has 1 aromatic carbocycles. The van der Waals surface area contributed by atoms with Crippen LogP contribution in [-0.2, 0) is 19.1 Å². The van der Waals surface area contributed by atoms with Crippen molar-refractivity contribution in [2.24, 2.45) is 0 Å². The van der Waals surface area contributed by atoms with Crippen molar-refractivity contribution in [2.45, 2.75) is 0 Å². The highest BCUT2D eigenvalue weighted by Gasteiger charge is 2.24. The van der Waals surface area contributed by atoms with E-state index in [0.29, 0.717) is 4.47 Å². The molecule has 0 saturated carbocycles. The van der Waals surface area contributed by atoms with Crippen LogP contribution in [0.1, 0.15) is 10.4 Å².